The molecule has 0 saturated carbocycles. The molecule has 0 aromatic heterocycles. The van der Waals surface area contributed by atoms with E-state index in [9.17, 15) is 4.39 Å². The molecule has 0 amide bonds. The molecule has 0 aliphatic carbocycles. The maximum absolute atomic E-state index is 14.3. The van der Waals surface area contributed by atoms with E-state index in [2.05, 4.69) is 16.8 Å². The van der Waals surface area contributed by atoms with Gasteiger partial charge in [0.15, 0.2) is 0 Å². The molecule has 3 rings (SSSR count). The average molecular weight is 293 g/mol. The van der Waals surface area contributed by atoms with Crippen LogP contribution in [0.3, 0.4) is 0 Å². The molecule has 2 saturated heterocycles. The van der Waals surface area contributed by atoms with Crippen molar-refractivity contribution in [1.82, 2.24) is 4.90 Å². The van der Waals surface area contributed by atoms with Gasteiger partial charge >= 0.3 is 0 Å². The zero-order valence-corrected chi connectivity index (χ0v) is 12.8. The Kier molecular flexibility index (Phi) is 3.93. The Morgan fingerprint density at radius 3 is 2.86 bits per heavy atom. The lowest BCUT2D eigenvalue weighted by Crippen LogP contribution is -2.52. The van der Waals surface area contributed by atoms with Gasteiger partial charge in [0.25, 0.3) is 0 Å². The number of nitrogens with zero attached hydrogens (tertiary/aromatic N) is 2. The Morgan fingerprint density at radius 2 is 2.10 bits per heavy atom. The van der Waals surface area contributed by atoms with Crippen molar-refractivity contribution in [3.63, 3.8) is 0 Å². The predicted molar refractivity (Wildman–Crippen MR) is 83.3 cm³/mol. The van der Waals surface area contributed by atoms with Crippen LogP contribution < -0.4 is 15.4 Å². The third-order valence-corrected chi connectivity index (χ3v) is 4.99. The van der Waals surface area contributed by atoms with E-state index in [1.807, 2.05) is 0 Å². The van der Waals surface area contributed by atoms with Crippen LogP contribution in [0.5, 0.6) is 5.75 Å². The number of anilines is 2. The summed E-state index contributed by atoms with van der Waals surface area (Å²) in [5, 5.41) is 0. The van der Waals surface area contributed by atoms with Crippen LogP contribution in [0.25, 0.3) is 0 Å². The molecule has 2 fully saturated rings. The summed E-state index contributed by atoms with van der Waals surface area (Å²) in [6.45, 7) is 2.99. The van der Waals surface area contributed by atoms with E-state index in [0.717, 1.165) is 19.5 Å². The number of piperidine rings is 2. The van der Waals surface area contributed by atoms with E-state index in [1.165, 1.54) is 25.5 Å². The van der Waals surface area contributed by atoms with Gasteiger partial charge in [-0.2, -0.15) is 0 Å². The topological polar surface area (TPSA) is 41.7 Å². The van der Waals surface area contributed by atoms with Gasteiger partial charge in [0, 0.05) is 31.3 Å². The zero-order chi connectivity index (χ0) is 15.0. The van der Waals surface area contributed by atoms with Gasteiger partial charge in [-0.25, -0.2) is 4.39 Å². The van der Waals surface area contributed by atoms with Gasteiger partial charge in [-0.1, -0.05) is 0 Å². The zero-order valence-electron chi connectivity index (χ0n) is 12.8. The predicted octanol–water partition coefficient (Wildman–Crippen LogP) is 2.34. The second-order valence-electron chi connectivity index (χ2n) is 6.23. The molecule has 4 nitrogen and oxygen atoms in total. The van der Waals surface area contributed by atoms with Crippen LogP contribution >= 0.6 is 0 Å². The van der Waals surface area contributed by atoms with Crippen molar-refractivity contribution in [3.8, 4) is 5.75 Å². The fourth-order valence-electron chi connectivity index (χ4n) is 3.85. The van der Waals surface area contributed by atoms with Crippen molar-refractivity contribution in [2.45, 2.75) is 25.3 Å². The number of nitrogens with two attached hydrogens (primary N) is 1. The summed E-state index contributed by atoms with van der Waals surface area (Å²) in [6.07, 6.45) is 3.56. The lowest BCUT2D eigenvalue weighted by atomic mass is 9.84. The molecular formula is C16H24FN3O. The summed E-state index contributed by atoms with van der Waals surface area (Å²) in [6, 6.07) is 3.75. The molecule has 116 valence electrons. The standard InChI is InChI=1S/C16H24FN3O/c1-19-6-3-4-11-10-20(7-5-14(11)19)15-9-16(21-2)13(18)8-12(15)17/h8-9,11,14H,3-7,10,18H2,1-2H3. The fourth-order valence-corrected chi connectivity index (χ4v) is 3.85. The summed E-state index contributed by atoms with van der Waals surface area (Å²) in [4.78, 5) is 4.61. The van der Waals surface area contributed by atoms with Gasteiger partial charge in [0.1, 0.15) is 11.6 Å². The number of hydrogen-bond acceptors (Lipinski definition) is 4. The van der Waals surface area contributed by atoms with Crippen LogP contribution in [-0.2, 0) is 0 Å². The van der Waals surface area contributed by atoms with E-state index < -0.39 is 0 Å². The average Bonchev–Trinajstić information content (AvgIpc) is 2.47. The maximum atomic E-state index is 14.3. The molecule has 1 aromatic carbocycles. The van der Waals surface area contributed by atoms with Gasteiger partial charge in [0.05, 0.1) is 18.5 Å². The number of halogens is 1. The number of hydrogen-bond donors (Lipinski definition) is 1. The minimum atomic E-state index is -0.254. The minimum absolute atomic E-state index is 0.254. The van der Waals surface area contributed by atoms with Crippen molar-refractivity contribution in [2.75, 3.05) is 44.4 Å². The lowest BCUT2D eigenvalue weighted by Gasteiger charge is -2.46. The quantitative estimate of drug-likeness (QED) is 0.850. The smallest absolute Gasteiger partial charge is 0.148 e. The first-order valence-electron chi connectivity index (χ1n) is 7.68. The van der Waals surface area contributed by atoms with Crippen LogP contribution in [0.1, 0.15) is 19.3 Å². The number of fused-ring (bicyclic) bond motifs is 1. The highest BCUT2D eigenvalue weighted by Crippen LogP contribution is 2.36. The van der Waals surface area contributed by atoms with Gasteiger partial charge in [0.2, 0.25) is 0 Å². The normalized spacial score (nSPS) is 26.5. The first-order chi connectivity index (χ1) is 10.1. The lowest BCUT2D eigenvalue weighted by molar-refractivity contribution is 0.102. The Bertz CT molecular complexity index is 522. The van der Waals surface area contributed by atoms with E-state index in [4.69, 9.17) is 10.5 Å². The van der Waals surface area contributed by atoms with Gasteiger partial charge < -0.3 is 20.3 Å². The van der Waals surface area contributed by atoms with E-state index in [-0.39, 0.29) is 5.82 Å². The van der Waals surface area contributed by atoms with Crippen molar-refractivity contribution < 1.29 is 9.13 Å². The van der Waals surface area contributed by atoms with Crippen LogP contribution in [0.4, 0.5) is 15.8 Å². The highest BCUT2D eigenvalue weighted by atomic mass is 19.1. The van der Waals surface area contributed by atoms with Crippen LogP contribution in [-0.4, -0.2) is 44.7 Å². The molecular weight excluding hydrogens is 269 g/mol. The highest BCUT2D eigenvalue weighted by Gasteiger charge is 2.35. The number of rotatable bonds is 2. The molecule has 2 heterocycles. The molecule has 21 heavy (non-hydrogen) atoms. The maximum Gasteiger partial charge on any atom is 0.148 e. The Labute approximate surface area is 125 Å². The first-order valence-corrected chi connectivity index (χ1v) is 7.68. The number of ether oxygens (including phenoxy) is 1. The molecule has 0 bridgehead atoms. The molecule has 2 aliphatic heterocycles. The summed E-state index contributed by atoms with van der Waals surface area (Å²) >= 11 is 0. The van der Waals surface area contributed by atoms with Gasteiger partial charge in [-0.05, 0) is 38.8 Å². The molecule has 5 heteroatoms. The van der Waals surface area contributed by atoms with E-state index >= 15 is 0 Å². The molecule has 2 N–H and O–H groups in total. The molecule has 2 aliphatic rings. The Balaban J connectivity index is 1.82. The molecule has 2 atom stereocenters. The Morgan fingerprint density at radius 1 is 1.29 bits per heavy atom. The second-order valence-corrected chi connectivity index (χ2v) is 6.23. The number of nitrogen functional groups attached to an aromatic ring is 1. The number of methoxy groups -OCH3 is 1. The first kappa shape index (κ1) is 14.4. The fraction of sp³-hybridized carbons (Fsp3) is 0.625. The van der Waals surface area contributed by atoms with E-state index in [0.29, 0.717) is 29.1 Å². The SMILES string of the molecule is COc1cc(N2CCC3C(CCCN3C)C2)c(F)cc1N. The number of benzene rings is 1. The highest BCUT2D eigenvalue weighted by molar-refractivity contribution is 5.63. The van der Waals surface area contributed by atoms with Crippen molar-refractivity contribution in [2.24, 2.45) is 5.92 Å². The van der Waals surface area contributed by atoms with Gasteiger partial charge in [-0.3, -0.25) is 0 Å². The minimum Gasteiger partial charge on any atom is -0.495 e. The third-order valence-electron chi connectivity index (χ3n) is 4.99. The monoisotopic (exact) mass is 293 g/mol. The summed E-state index contributed by atoms with van der Waals surface area (Å²) in [5.74, 6) is 0.922. The second kappa shape index (κ2) is 5.72. The number of likely N-dealkylation sites (tertiary alicyclic amines) is 1. The van der Waals surface area contributed by atoms with Gasteiger partial charge in [-0.15, -0.1) is 0 Å². The van der Waals surface area contributed by atoms with E-state index in [1.54, 1.807) is 13.2 Å². The summed E-state index contributed by atoms with van der Waals surface area (Å²) in [7, 11) is 3.77. The van der Waals surface area contributed by atoms with Crippen molar-refractivity contribution in [3.05, 3.63) is 17.9 Å². The third kappa shape index (κ3) is 2.67. The van der Waals surface area contributed by atoms with Crippen LogP contribution in [0.15, 0.2) is 12.1 Å². The summed E-state index contributed by atoms with van der Waals surface area (Å²) in [5.41, 5.74) is 6.74. The molecule has 0 spiro atoms. The molecule has 0 radical (unpaired) electrons. The largest absolute Gasteiger partial charge is 0.495 e. The van der Waals surface area contributed by atoms with Crippen LogP contribution in [0.2, 0.25) is 0 Å². The van der Waals surface area contributed by atoms with Crippen LogP contribution in [0, 0.1) is 11.7 Å². The molecule has 1 aromatic rings. The van der Waals surface area contributed by atoms with Crippen molar-refractivity contribution >= 4 is 11.4 Å². The molecule has 2 unspecified atom stereocenters. The Hall–Kier alpha value is -1.49. The summed E-state index contributed by atoms with van der Waals surface area (Å²) < 4.78 is 19.5. The van der Waals surface area contributed by atoms with Crippen molar-refractivity contribution in [1.29, 1.82) is 0 Å².